The van der Waals surface area contributed by atoms with Gasteiger partial charge in [-0.2, -0.15) is 0 Å². The van der Waals surface area contributed by atoms with Crippen LogP contribution in [0.25, 0.3) is 0 Å². The summed E-state index contributed by atoms with van der Waals surface area (Å²) in [6.45, 7) is 3.07. The Hall–Kier alpha value is -3.80. The average Bonchev–Trinajstić information content (AvgIpc) is 3.00. The molecule has 0 fully saturated rings. The van der Waals surface area contributed by atoms with Crippen LogP contribution in [0.15, 0.2) is 109 Å². The summed E-state index contributed by atoms with van der Waals surface area (Å²) in [6, 6.07) is 36.3. The van der Waals surface area contributed by atoms with E-state index in [1.54, 1.807) is 14.2 Å². The Kier molecular flexibility index (Phi) is 10.4. The summed E-state index contributed by atoms with van der Waals surface area (Å²) in [5.74, 6) is 2.66. The van der Waals surface area contributed by atoms with Crippen molar-refractivity contribution >= 4 is 0 Å². The number of benzene rings is 4. The highest BCUT2D eigenvalue weighted by molar-refractivity contribution is 5.38. The SMILES string of the molecule is COc1ccc(C(CC(C)C(NCc2ccccc2)[C@@H](O)COc2ccccc2)c2ccc(OC)cc2)cc1. The van der Waals surface area contributed by atoms with Gasteiger partial charge in [0.25, 0.3) is 0 Å². The van der Waals surface area contributed by atoms with Gasteiger partial charge in [0.05, 0.1) is 14.2 Å². The van der Waals surface area contributed by atoms with Gasteiger partial charge in [-0.3, -0.25) is 0 Å². The number of aliphatic hydroxyl groups is 1. The molecule has 204 valence electrons. The molecule has 4 aromatic rings. The maximum absolute atomic E-state index is 11.4. The van der Waals surface area contributed by atoms with Crippen LogP contribution in [0.5, 0.6) is 17.2 Å². The number of hydrogen-bond donors (Lipinski definition) is 2. The van der Waals surface area contributed by atoms with Gasteiger partial charge in [0.15, 0.2) is 0 Å². The molecular weight excluding hydrogens is 486 g/mol. The molecule has 0 aromatic heterocycles. The summed E-state index contributed by atoms with van der Waals surface area (Å²) in [5, 5.41) is 15.0. The number of nitrogens with one attached hydrogen (secondary N) is 1. The van der Waals surface area contributed by atoms with Crippen LogP contribution in [0.4, 0.5) is 0 Å². The molecule has 39 heavy (non-hydrogen) atoms. The lowest BCUT2D eigenvalue weighted by Crippen LogP contribution is -2.47. The third-order valence-electron chi connectivity index (χ3n) is 7.22. The van der Waals surface area contributed by atoms with Gasteiger partial charge in [-0.05, 0) is 65.4 Å². The van der Waals surface area contributed by atoms with Crippen molar-refractivity contribution in [3.8, 4) is 17.2 Å². The quantitative estimate of drug-likeness (QED) is 0.198. The first-order chi connectivity index (χ1) is 19.1. The van der Waals surface area contributed by atoms with Crippen molar-refractivity contribution in [3.63, 3.8) is 0 Å². The molecule has 0 saturated heterocycles. The molecule has 5 heteroatoms. The first-order valence-corrected chi connectivity index (χ1v) is 13.5. The average molecular weight is 526 g/mol. The van der Waals surface area contributed by atoms with Gasteiger partial charge in [-0.1, -0.05) is 79.7 Å². The Bertz CT molecular complexity index is 1180. The van der Waals surface area contributed by atoms with Gasteiger partial charge in [-0.15, -0.1) is 0 Å². The van der Waals surface area contributed by atoms with Crippen molar-refractivity contribution in [2.45, 2.75) is 38.0 Å². The van der Waals surface area contributed by atoms with Crippen LogP contribution in [0.3, 0.4) is 0 Å². The van der Waals surface area contributed by atoms with Crippen molar-refractivity contribution in [1.82, 2.24) is 5.32 Å². The van der Waals surface area contributed by atoms with E-state index in [1.165, 1.54) is 16.7 Å². The Morgan fingerprint density at radius 1 is 0.667 bits per heavy atom. The third kappa shape index (κ3) is 8.09. The fourth-order valence-electron chi connectivity index (χ4n) is 5.01. The Morgan fingerprint density at radius 2 is 1.18 bits per heavy atom. The van der Waals surface area contributed by atoms with Gasteiger partial charge in [-0.25, -0.2) is 0 Å². The summed E-state index contributed by atoms with van der Waals surface area (Å²) < 4.78 is 16.8. The first-order valence-electron chi connectivity index (χ1n) is 13.5. The van der Waals surface area contributed by atoms with E-state index in [9.17, 15) is 5.11 Å². The standard InChI is InChI=1S/C34H39NO4/c1-25(22-32(27-14-18-29(37-2)19-15-27)28-16-20-30(38-3)21-17-28)34(35-23-26-10-6-4-7-11-26)33(36)24-39-31-12-8-5-9-13-31/h4-21,25,32-36H,22-24H2,1-3H3/t25?,33-,34?/m0/s1. The fraction of sp³-hybridized carbons (Fsp3) is 0.294. The molecule has 5 nitrogen and oxygen atoms in total. The van der Waals surface area contributed by atoms with E-state index < -0.39 is 6.10 Å². The molecule has 0 spiro atoms. The van der Waals surface area contributed by atoms with Crippen molar-refractivity contribution in [1.29, 1.82) is 0 Å². The van der Waals surface area contributed by atoms with Crippen LogP contribution in [-0.2, 0) is 6.54 Å². The number of ether oxygens (including phenoxy) is 3. The maximum atomic E-state index is 11.4. The summed E-state index contributed by atoms with van der Waals surface area (Å²) in [6.07, 6.45) is 0.129. The van der Waals surface area contributed by atoms with Crippen molar-refractivity contribution in [2.24, 2.45) is 5.92 Å². The van der Waals surface area contributed by atoms with Crippen LogP contribution in [0.1, 0.15) is 36.0 Å². The highest BCUT2D eigenvalue weighted by Gasteiger charge is 2.29. The smallest absolute Gasteiger partial charge is 0.119 e. The number of methoxy groups -OCH3 is 2. The monoisotopic (exact) mass is 525 g/mol. The molecule has 4 rings (SSSR count). The fourth-order valence-corrected chi connectivity index (χ4v) is 5.01. The molecular formula is C34H39NO4. The molecule has 2 unspecified atom stereocenters. The lowest BCUT2D eigenvalue weighted by molar-refractivity contribution is 0.0516. The molecule has 0 amide bonds. The lowest BCUT2D eigenvalue weighted by Gasteiger charge is -2.32. The zero-order valence-corrected chi connectivity index (χ0v) is 23.0. The van der Waals surface area contributed by atoms with E-state index in [4.69, 9.17) is 14.2 Å². The van der Waals surface area contributed by atoms with E-state index in [0.717, 1.165) is 23.7 Å². The molecule has 0 saturated carbocycles. The maximum Gasteiger partial charge on any atom is 0.119 e. The van der Waals surface area contributed by atoms with E-state index in [-0.39, 0.29) is 24.5 Å². The van der Waals surface area contributed by atoms with Crippen LogP contribution in [0, 0.1) is 5.92 Å². The third-order valence-corrected chi connectivity index (χ3v) is 7.22. The minimum Gasteiger partial charge on any atom is -0.497 e. The topological polar surface area (TPSA) is 60.0 Å². The highest BCUT2D eigenvalue weighted by atomic mass is 16.5. The number of hydrogen-bond acceptors (Lipinski definition) is 5. The van der Waals surface area contributed by atoms with E-state index in [2.05, 4.69) is 48.6 Å². The Morgan fingerprint density at radius 3 is 1.69 bits per heavy atom. The second-order valence-electron chi connectivity index (χ2n) is 9.90. The molecule has 0 heterocycles. The van der Waals surface area contributed by atoms with Gasteiger partial charge >= 0.3 is 0 Å². The molecule has 0 radical (unpaired) electrons. The molecule has 0 bridgehead atoms. The molecule has 0 aliphatic rings. The van der Waals surface area contributed by atoms with Crippen LogP contribution >= 0.6 is 0 Å². The second-order valence-corrected chi connectivity index (χ2v) is 9.90. The van der Waals surface area contributed by atoms with Gasteiger partial charge < -0.3 is 24.6 Å². The minimum absolute atomic E-state index is 0.122. The predicted molar refractivity (Wildman–Crippen MR) is 157 cm³/mol. The second kappa shape index (κ2) is 14.4. The molecule has 0 aliphatic carbocycles. The number of para-hydroxylation sites is 1. The zero-order valence-electron chi connectivity index (χ0n) is 23.0. The van der Waals surface area contributed by atoms with E-state index >= 15 is 0 Å². The highest BCUT2D eigenvalue weighted by Crippen LogP contribution is 2.34. The lowest BCUT2D eigenvalue weighted by atomic mass is 9.80. The van der Waals surface area contributed by atoms with Crippen molar-refractivity contribution in [2.75, 3.05) is 20.8 Å². The van der Waals surface area contributed by atoms with Crippen molar-refractivity contribution in [3.05, 3.63) is 126 Å². The summed E-state index contributed by atoms with van der Waals surface area (Å²) in [7, 11) is 3.36. The molecule has 4 aromatic carbocycles. The largest absolute Gasteiger partial charge is 0.497 e. The predicted octanol–water partition coefficient (Wildman–Crippen LogP) is 6.46. The zero-order chi connectivity index (χ0) is 27.5. The number of rotatable bonds is 14. The van der Waals surface area contributed by atoms with Crippen LogP contribution < -0.4 is 19.5 Å². The minimum atomic E-state index is -0.698. The van der Waals surface area contributed by atoms with E-state index in [0.29, 0.717) is 6.54 Å². The number of aliphatic hydroxyl groups excluding tert-OH is 1. The van der Waals surface area contributed by atoms with Gasteiger partial charge in [0.2, 0.25) is 0 Å². The first kappa shape index (κ1) is 28.2. The normalized spacial score (nSPS) is 13.5. The Balaban J connectivity index is 1.56. The summed E-state index contributed by atoms with van der Waals surface area (Å²) in [5.41, 5.74) is 3.57. The van der Waals surface area contributed by atoms with E-state index in [1.807, 2.05) is 72.8 Å². The molecule has 3 atom stereocenters. The van der Waals surface area contributed by atoms with Crippen LogP contribution in [0.2, 0.25) is 0 Å². The Labute approximate surface area is 232 Å². The summed E-state index contributed by atoms with van der Waals surface area (Å²) in [4.78, 5) is 0. The molecule has 2 N–H and O–H groups in total. The van der Waals surface area contributed by atoms with Gasteiger partial charge in [0.1, 0.15) is 30.0 Å². The van der Waals surface area contributed by atoms with Crippen molar-refractivity contribution < 1.29 is 19.3 Å². The van der Waals surface area contributed by atoms with Gasteiger partial charge in [0, 0.05) is 18.5 Å². The molecule has 0 aliphatic heterocycles. The summed E-state index contributed by atoms with van der Waals surface area (Å²) >= 11 is 0. The van der Waals surface area contributed by atoms with Crippen LogP contribution in [-0.4, -0.2) is 38.1 Å².